The molecule has 2 rings (SSSR count). The Kier molecular flexibility index (Phi) is 4.34. The fourth-order valence-electron chi connectivity index (χ4n) is 2.95. The van der Waals surface area contributed by atoms with E-state index in [0.29, 0.717) is 16.9 Å². The average Bonchev–Trinajstić information content (AvgIpc) is 2.72. The van der Waals surface area contributed by atoms with Crippen LogP contribution in [0.2, 0.25) is 0 Å². The smallest absolute Gasteiger partial charge is 0.286 e. The minimum Gasteiger partial charge on any atom is -0.487 e. The maximum Gasteiger partial charge on any atom is 0.286 e. The zero-order chi connectivity index (χ0) is 17.6. The van der Waals surface area contributed by atoms with Gasteiger partial charge in [0, 0.05) is 17.5 Å². The summed E-state index contributed by atoms with van der Waals surface area (Å²) in [6, 6.07) is 0. The van der Waals surface area contributed by atoms with Gasteiger partial charge in [-0.1, -0.05) is 0 Å². The Morgan fingerprint density at radius 2 is 1.87 bits per heavy atom. The summed E-state index contributed by atoms with van der Waals surface area (Å²) < 4.78 is 34.8. The number of hydrogen-bond acceptors (Lipinski definition) is 4. The van der Waals surface area contributed by atoms with E-state index in [1.54, 1.807) is 13.8 Å². The lowest BCUT2D eigenvalue weighted by Crippen LogP contribution is -2.31. The van der Waals surface area contributed by atoms with Gasteiger partial charge in [0.05, 0.1) is 12.0 Å². The molecule has 0 amide bonds. The Morgan fingerprint density at radius 1 is 1.26 bits per heavy atom. The number of ether oxygens (including phenoxy) is 1. The van der Waals surface area contributed by atoms with Crippen molar-refractivity contribution in [2.45, 2.75) is 51.5 Å². The lowest BCUT2D eigenvalue weighted by Gasteiger charge is -2.18. The Morgan fingerprint density at radius 3 is 2.43 bits per heavy atom. The summed E-state index contributed by atoms with van der Waals surface area (Å²) >= 11 is 0. The van der Waals surface area contributed by atoms with Crippen molar-refractivity contribution in [3.63, 3.8) is 0 Å². The maximum atomic E-state index is 12.7. The van der Waals surface area contributed by atoms with Gasteiger partial charge >= 0.3 is 0 Å². The van der Waals surface area contributed by atoms with E-state index in [-0.39, 0.29) is 16.5 Å². The summed E-state index contributed by atoms with van der Waals surface area (Å²) in [6.07, 6.45) is 0.743. The second kappa shape index (κ2) is 5.68. The Balaban J connectivity index is 2.67. The second-order valence-corrected chi connectivity index (χ2v) is 7.85. The molecule has 1 aliphatic heterocycles. The predicted molar refractivity (Wildman–Crippen MR) is 88.0 cm³/mol. The molecule has 0 atom stereocenters. The lowest BCUT2D eigenvalue weighted by molar-refractivity contribution is 0.137. The first-order valence-electron chi connectivity index (χ1n) is 7.21. The molecule has 0 spiro atoms. The highest BCUT2D eigenvalue weighted by Crippen LogP contribution is 2.44. The van der Waals surface area contributed by atoms with Gasteiger partial charge in [0.1, 0.15) is 11.4 Å². The molecule has 0 fully saturated rings. The molecule has 1 heterocycles. The van der Waals surface area contributed by atoms with Gasteiger partial charge in [0.15, 0.2) is 0 Å². The van der Waals surface area contributed by atoms with E-state index in [0.717, 1.165) is 17.5 Å². The zero-order valence-electron chi connectivity index (χ0n) is 14.3. The highest BCUT2D eigenvalue weighted by Gasteiger charge is 2.36. The summed E-state index contributed by atoms with van der Waals surface area (Å²) in [7, 11) is -2.66. The number of nitrogens with zero attached hydrogens (tertiary/aromatic N) is 1. The topological polar surface area (TPSA) is 103 Å². The van der Waals surface area contributed by atoms with Gasteiger partial charge in [0.2, 0.25) is 5.96 Å². The summed E-state index contributed by atoms with van der Waals surface area (Å²) in [5, 5.41) is 0. The molecule has 0 bridgehead atoms. The molecular formula is C15H23N3O4S. The van der Waals surface area contributed by atoms with Crippen LogP contribution in [0, 0.1) is 20.8 Å². The van der Waals surface area contributed by atoms with E-state index in [1.165, 1.54) is 7.11 Å². The molecule has 0 saturated carbocycles. The molecule has 1 aromatic rings. The Bertz CT molecular complexity index is 783. The van der Waals surface area contributed by atoms with Crippen LogP contribution in [0.1, 0.15) is 36.1 Å². The summed E-state index contributed by atoms with van der Waals surface area (Å²) in [6.45, 7) is 9.37. The molecule has 3 N–H and O–H groups in total. The van der Waals surface area contributed by atoms with Crippen LogP contribution in [0.5, 0.6) is 5.75 Å². The quantitative estimate of drug-likeness (QED) is 0.490. The van der Waals surface area contributed by atoms with Crippen LogP contribution >= 0.6 is 0 Å². The van der Waals surface area contributed by atoms with E-state index in [4.69, 9.17) is 10.5 Å². The first-order valence-corrected chi connectivity index (χ1v) is 8.65. The molecule has 0 saturated heterocycles. The molecule has 128 valence electrons. The monoisotopic (exact) mass is 341 g/mol. The number of nitrogens with two attached hydrogens (primary N) is 1. The van der Waals surface area contributed by atoms with Crippen molar-refractivity contribution in [2.24, 2.45) is 10.1 Å². The SMILES string of the molecule is CONC(N)=NS(=O)(=O)c1c(C)c(C)c2c(c1C)OC(C)(C)C2. The number of rotatable bonds is 3. The lowest BCUT2D eigenvalue weighted by atomic mass is 9.93. The van der Waals surface area contributed by atoms with Crippen LogP contribution in [0.4, 0.5) is 0 Å². The molecule has 8 heteroatoms. The average molecular weight is 341 g/mol. The van der Waals surface area contributed by atoms with Gasteiger partial charge < -0.3 is 10.5 Å². The van der Waals surface area contributed by atoms with Crippen LogP contribution in [-0.2, 0) is 21.3 Å². The largest absolute Gasteiger partial charge is 0.487 e. The molecular weight excluding hydrogens is 318 g/mol. The molecule has 23 heavy (non-hydrogen) atoms. The first-order chi connectivity index (χ1) is 10.5. The Hall–Kier alpha value is -1.80. The van der Waals surface area contributed by atoms with Crippen molar-refractivity contribution >= 4 is 16.0 Å². The van der Waals surface area contributed by atoms with Crippen LogP contribution in [-0.4, -0.2) is 27.1 Å². The Labute approximate surface area is 136 Å². The molecule has 0 unspecified atom stereocenters. The number of guanidine groups is 1. The number of fused-ring (bicyclic) bond motifs is 1. The van der Waals surface area contributed by atoms with Crippen molar-refractivity contribution in [1.29, 1.82) is 0 Å². The molecule has 1 aliphatic rings. The first kappa shape index (κ1) is 17.6. The summed E-state index contributed by atoms with van der Waals surface area (Å²) in [4.78, 5) is 4.71. The van der Waals surface area contributed by atoms with Gasteiger partial charge in [-0.3, -0.25) is 4.84 Å². The number of hydrogen-bond donors (Lipinski definition) is 2. The predicted octanol–water partition coefficient (Wildman–Crippen LogP) is 1.48. The van der Waals surface area contributed by atoms with Crippen molar-refractivity contribution in [2.75, 3.05) is 7.11 Å². The molecule has 0 aromatic heterocycles. The fourth-order valence-corrected chi connectivity index (χ4v) is 4.36. The molecule has 7 nitrogen and oxygen atoms in total. The van der Waals surface area contributed by atoms with E-state index < -0.39 is 10.0 Å². The zero-order valence-corrected chi connectivity index (χ0v) is 15.1. The van der Waals surface area contributed by atoms with Gasteiger partial charge in [-0.05, 0) is 45.7 Å². The maximum absolute atomic E-state index is 12.7. The number of sulfonamides is 1. The van der Waals surface area contributed by atoms with Gasteiger partial charge in [0.25, 0.3) is 10.0 Å². The molecule has 0 radical (unpaired) electrons. The van der Waals surface area contributed by atoms with E-state index in [1.807, 2.05) is 20.8 Å². The van der Waals surface area contributed by atoms with Gasteiger partial charge in [-0.15, -0.1) is 4.40 Å². The van der Waals surface area contributed by atoms with Crippen LogP contribution in [0.3, 0.4) is 0 Å². The van der Waals surface area contributed by atoms with Crippen LogP contribution in [0.25, 0.3) is 0 Å². The standard InChI is InChI=1S/C15H23N3O4S/c1-8-9(2)13(23(19,20)18-14(16)17-21-6)10(3)12-11(8)7-15(4,5)22-12/h7H2,1-6H3,(H3,16,17,18). The fraction of sp³-hybridized carbons (Fsp3) is 0.533. The summed E-state index contributed by atoms with van der Waals surface area (Å²) in [5.41, 5.74) is 10.5. The third-order valence-electron chi connectivity index (χ3n) is 3.97. The second-order valence-electron chi connectivity index (χ2n) is 6.31. The normalized spacial score (nSPS) is 16.9. The minimum absolute atomic E-state index is 0.132. The van der Waals surface area contributed by atoms with Crippen LogP contribution in [0.15, 0.2) is 9.29 Å². The number of benzene rings is 1. The van der Waals surface area contributed by atoms with Gasteiger partial charge in [-0.25, -0.2) is 5.48 Å². The highest BCUT2D eigenvalue weighted by atomic mass is 32.2. The van der Waals surface area contributed by atoms with E-state index in [2.05, 4.69) is 14.7 Å². The van der Waals surface area contributed by atoms with Crippen molar-refractivity contribution in [3.8, 4) is 5.75 Å². The van der Waals surface area contributed by atoms with E-state index >= 15 is 0 Å². The summed E-state index contributed by atoms with van der Waals surface area (Å²) in [5.74, 6) is 0.302. The van der Waals surface area contributed by atoms with Crippen LogP contribution < -0.4 is 16.0 Å². The molecule has 1 aromatic carbocycles. The number of hydroxylamine groups is 1. The van der Waals surface area contributed by atoms with Crippen molar-refractivity contribution < 1.29 is 18.0 Å². The molecule has 0 aliphatic carbocycles. The third-order valence-corrected chi connectivity index (χ3v) is 5.54. The van der Waals surface area contributed by atoms with Crippen molar-refractivity contribution in [1.82, 2.24) is 5.48 Å². The number of nitrogens with one attached hydrogen (secondary N) is 1. The minimum atomic E-state index is -3.98. The van der Waals surface area contributed by atoms with Crippen molar-refractivity contribution in [3.05, 3.63) is 22.3 Å². The van der Waals surface area contributed by atoms with E-state index in [9.17, 15) is 8.42 Å². The third kappa shape index (κ3) is 3.13. The highest BCUT2D eigenvalue weighted by molar-refractivity contribution is 7.90. The van der Waals surface area contributed by atoms with Gasteiger partial charge in [-0.2, -0.15) is 8.42 Å².